The minimum atomic E-state index is -0.205. The second kappa shape index (κ2) is 7.98. The van der Waals surface area contributed by atoms with Crippen LogP contribution in [0.5, 0.6) is 0 Å². The summed E-state index contributed by atoms with van der Waals surface area (Å²) in [4.78, 5) is 14.6. The van der Waals surface area contributed by atoms with E-state index < -0.39 is 0 Å². The quantitative estimate of drug-likeness (QED) is 0.743. The van der Waals surface area contributed by atoms with Crippen molar-refractivity contribution in [1.82, 2.24) is 15.4 Å². The lowest BCUT2D eigenvalue weighted by atomic mass is 9.85. The fourth-order valence-electron chi connectivity index (χ4n) is 3.84. The first kappa shape index (κ1) is 18.4. The van der Waals surface area contributed by atoms with Crippen molar-refractivity contribution in [2.24, 2.45) is 0 Å². The summed E-state index contributed by atoms with van der Waals surface area (Å²) in [6.07, 6.45) is 0.695. The number of amides is 1. The second-order valence-electron chi connectivity index (χ2n) is 7.24. The van der Waals surface area contributed by atoms with E-state index in [1.165, 1.54) is 0 Å². The van der Waals surface area contributed by atoms with Gasteiger partial charge in [-0.15, -0.1) is 0 Å². The summed E-state index contributed by atoms with van der Waals surface area (Å²) in [6, 6.07) is 20.5. The van der Waals surface area contributed by atoms with E-state index in [-0.39, 0.29) is 17.9 Å². The van der Waals surface area contributed by atoms with Crippen molar-refractivity contribution < 1.29 is 9.32 Å². The third kappa shape index (κ3) is 3.45. The smallest absolute Gasteiger partial charge is 0.239 e. The van der Waals surface area contributed by atoms with Gasteiger partial charge in [-0.1, -0.05) is 65.8 Å². The Kier molecular flexibility index (Phi) is 5.26. The lowest BCUT2D eigenvalue weighted by molar-refractivity contribution is -0.133. The van der Waals surface area contributed by atoms with Crippen LogP contribution >= 0.6 is 0 Å². The third-order valence-electron chi connectivity index (χ3n) is 5.51. The van der Waals surface area contributed by atoms with Crippen LogP contribution in [0.2, 0.25) is 0 Å². The average molecular weight is 375 g/mol. The van der Waals surface area contributed by atoms with E-state index in [4.69, 9.17) is 4.52 Å². The Bertz CT molecular complexity index is 897. The standard InChI is InChI=1S/C23H25N3O2/c1-16(24-2)23(27)26-14-13-20-19(15-26)22(25-28-20)21(17-9-5-3-6-10-17)18-11-7-4-8-12-18/h3-12,16,21,24H,13-15H2,1-2H3/t16-/m0/s1. The van der Waals surface area contributed by atoms with Crippen LogP contribution in [0, 0.1) is 0 Å². The maximum Gasteiger partial charge on any atom is 0.239 e. The van der Waals surface area contributed by atoms with Gasteiger partial charge in [-0.05, 0) is 25.1 Å². The zero-order valence-corrected chi connectivity index (χ0v) is 16.3. The molecule has 1 amide bonds. The number of likely N-dealkylation sites (N-methyl/N-ethyl adjacent to an activating group) is 1. The number of benzene rings is 2. The minimum Gasteiger partial charge on any atom is -0.361 e. The lowest BCUT2D eigenvalue weighted by Crippen LogP contribution is -2.45. The lowest BCUT2D eigenvalue weighted by Gasteiger charge is -2.29. The van der Waals surface area contributed by atoms with E-state index in [1.54, 1.807) is 0 Å². The van der Waals surface area contributed by atoms with Gasteiger partial charge in [-0.3, -0.25) is 4.79 Å². The Morgan fingerprint density at radius 1 is 1.07 bits per heavy atom. The minimum absolute atomic E-state index is 0.0216. The predicted molar refractivity (Wildman–Crippen MR) is 108 cm³/mol. The maximum atomic E-state index is 12.7. The Labute approximate surface area is 165 Å². The molecule has 1 aliphatic rings. The van der Waals surface area contributed by atoms with Gasteiger partial charge in [0.05, 0.1) is 18.5 Å². The molecule has 2 aromatic carbocycles. The van der Waals surface area contributed by atoms with Crippen LogP contribution in [0.3, 0.4) is 0 Å². The van der Waals surface area contributed by atoms with E-state index in [2.05, 4.69) is 34.7 Å². The number of aromatic nitrogens is 1. The van der Waals surface area contributed by atoms with Gasteiger partial charge < -0.3 is 14.7 Å². The van der Waals surface area contributed by atoms with Crippen LogP contribution in [0.1, 0.15) is 41.0 Å². The van der Waals surface area contributed by atoms with Crippen molar-refractivity contribution in [3.63, 3.8) is 0 Å². The number of fused-ring (bicyclic) bond motifs is 1. The van der Waals surface area contributed by atoms with Crippen LogP contribution in [0.15, 0.2) is 65.2 Å². The summed E-state index contributed by atoms with van der Waals surface area (Å²) in [6.45, 7) is 3.09. The van der Waals surface area contributed by atoms with Gasteiger partial charge in [0, 0.05) is 18.5 Å². The molecule has 4 rings (SSSR count). The van der Waals surface area contributed by atoms with E-state index in [0.717, 1.165) is 28.1 Å². The predicted octanol–water partition coefficient (Wildman–Crippen LogP) is 3.35. The molecule has 0 saturated carbocycles. The van der Waals surface area contributed by atoms with Crippen LogP contribution < -0.4 is 5.32 Å². The molecule has 1 atom stereocenters. The fourth-order valence-corrected chi connectivity index (χ4v) is 3.84. The molecule has 0 radical (unpaired) electrons. The molecule has 0 spiro atoms. The first-order valence-electron chi connectivity index (χ1n) is 9.72. The molecule has 144 valence electrons. The summed E-state index contributed by atoms with van der Waals surface area (Å²) in [5, 5.41) is 7.52. The van der Waals surface area contributed by atoms with Gasteiger partial charge in [0.25, 0.3) is 0 Å². The molecule has 5 nitrogen and oxygen atoms in total. The van der Waals surface area contributed by atoms with Gasteiger partial charge in [0.15, 0.2) is 0 Å². The Morgan fingerprint density at radius 2 is 1.68 bits per heavy atom. The molecule has 1 aliphatic heterocycles. The van der Waals surface area contributed by atoms with Crippen molar-refractivity contribution in [2.75, 3.05) is 13.6 Å². The highest BCUT2D eigenvalue weighted by Gasteiger charge is 2.32. The van der Waals surface area contributed by atoms with E-state index in [0.29, 0.717) is 19.5 Å². The summed E-state index contributed by atoms with van der Waals surface area (Å²) in [5.74, 6) is 0.982. The topological polar surface area (TPSA) is 58.4 Å². The van der Waals surface area contributed by atoms with Crippen LogP contribution in [-0.2, 0) is 17.8 Å². The molecule has 0 saturated heterocycles. The molecule has 0 aliphatic carbocycles. The van der Waals surface area contributed by atoms with Gasteiger partial charge in [-0.2, -0.15) is 0 Å². The van der Waals surface area contributed by atoms with Crippen molar-refractivity contribution in [3.05, 3.63) is 88.8 Å². The van der Waals surface area contributed by atoms with Gasteiger partial charge in [-0.25, -0.2) is 0 Å². The highest BCUT2D eigenvalue weighted by Crippen LogP contribution is 2.36. The summed E-state index contributed by atoms with van der Waals surface area (Å²) < 4.78 is 5.72. The summed E-state index contributed by atoms with van der Waals surface area (Å²) >= 11 is 0. The zero-order chi connectivity index (χ0) is 19.5. The third-order valence-corrected chi connectivity index (χ3v) is 5.51. The van der Waals surface area contributed by atoms with E-state index >= 15 is 0 Å². The van der Waals surface area contributed by atoms with Crippen molar-refractivity contribution in [1.29, 1.82) is 0 Å². The molecule has 2 heterocycles. The van der Waals surface area contributed by atoms with Crippen molar-refractivity contribution in [3.8, 4) is 0 Å². The monoisotopic (exact) mass is 375 g/mol. The van der Waals surface area contributed by atoms with Crippen molar-refractivity contribution >= 4 is 5.91 Å². The summed E-state index contributed by atoms with van der Waals surface area (Å²) in [5.41, 5.74) is 4.27. The fraction of sp³-hybridized carbons (Fsp3) is 0.304. The molecular formula is C23H25N3O2. The van der Waals surface area contributed by atoms with Crippen molar-refractivity contribution in [2.45, 2.75) is 31.8 Å². The maximum absolute atomic E-state index is 12.7. The first-order valence-corrected chi connectivity index (χ1v) is 9.72. The largest absolute Gasteiger partial charge is 0.361 e. The highest BCUT2D eigenvalue weighted by atomic mass is 16.5. The number of hydrogen-bond acceptors (Lipinski definition) is 4. The van der Waals surface area contributed by atoms with Crippen LogP contribution in [0.25, 0.3) is 0 Å². The Hall–Kier alpha value is -2.92. The number of nitrogens with one attached hydrogen (secondary N) is 1. The van der Waals surface area contributed by atoms with E-state index in [9.17, 15) is 4.79 Å². The molecular weight excluding hydrogens is 350 g/mol. The van der Waals surface area contributed by atoms with E-state index in [1.807, 2.05) is 55.3 Å². The number of carbonyl (C=O) groups is 1. The number of nitrogens with zero attached hydrogens (tertiary/aromatic N) is 2. The van der Waals surface area contributed by atoms with Gasteiger partial charge in [0.2, 0.25) is 5.91 Å². The summed E-state index contributed by atoms with van der Waals surface area (Å²) in [7, 11) is 1.81. The Morgan fingerprint density at radius 3 is 2.25 bits per heavy atom. The highest BCUT2D eigenvalue weighted by molar-refractivity contribution is 5.81. The molecule has 3 aromatic rings. The SMILES string of the molecule is CN[C@@H](C)C(=O)N1CCc2onc(C(c3ccccc3)c3ccccc3)c2C1. The van der Waals surface area contributed by atoms with Gasteiger partial charge in [0.1, 0.15) is 11.5 Å². The van der Waals surface area contributed by atoms with Crippen LogP contribution in [0.4, 0.5) is 0 Å². The molecule has 0 bridgehead atoms. The van der Waals surface area contributed by atoms with Crippen LogP contribution in [-0.4, -0.2) is 35.6 Å². The Balaban J connectivity index is 1.74. The normalized spacial score (nSPS) is 14.8. The molecule has 1 N–H and O–H groups in total. The number of rotatable bonds is 5. The van der Waals surface area contributed by atoms with Gasteiger partial charge >= 0.3 is 0 Å². The number of carbonyl (C=O) groups excluding carboxylic acids is 1. The molecule has 5 heteroatoms. The average Bonchev–Trinajstić information content (AvgIpc) is 3.17. The number of hydrogen-bond donors (Lipinski definition) is 1. The molecule has 0 unspecified atom stereocenters. The zero-order valence-electron chi connectivity index (χ0n) is 16.3. The molecule has 28 heavy (non-hydrogen) atoms. The molecule has 0 fully saturated rings. The second-order valence-corrected chi connectivity index (χ2v) is 7.24. The molecule has 1 aromatic heterocycles. The first-order chi connectivity index (χ1) is 13.7.